The SMILES string of the molecule is N#CCc1ccnc(NCCc2ccc(N(O)O)cc2)n1. The number of anilines is 2. The van der Waals surface area contributed by atoms with E-state index in [0.29, 0.717) is 23.9 Å². The Balaban J connectivity index is 1.86. The first kappa shape index (κ1) is 14.7. The van der Waals surface area contributed by atoms with Crippen LogP contribution < -0.4 is 10.5 Å². The predicted octanol–water partition coefficient (Wildman–Crippen LogP) is 1.78. The van der Waals surface area contributed by atoms with E-state index in [4.69, 9.17) is 15.7 Å². The van der Waals surface area contributed by atoms with Crippen LogP contribution in [-0.4, -0.2) is 26.9 Å². The first-order valence-corrected chi connectivity index (χ1v) is 6.38. The third-order valence-corrected chi connectivity index (χ3v) is 2.84. The van der Waals surface area contributed by atoms with Gasteiger partial charge in [-0.2, -0.15) is 5.26 Å². The molecule has 0 amide bonds. The normalized spacial score (nSPS) is 9.95. The maximum absolute atomic E-state index is 8.85. The molecule has 2 aromatic rings. The van der Waals surface area contributed by atoms with Gasteiger partial charge in [-0.25, -0.2) is 9.97 Å². The summed E-state index contributed by atoms with van der Waals surface area (Å²) in [5.74, 6) is 0.497. The van der Waals surface area contributed by atoms with Crippen LogP contribution in [0.5, 0.6) is 0 Å². The fraction of sp³-hybridized carbons (Fsp3) is 0.214. The van der Waals surface area contributed by atoms with Gasteiger partial charge in [-0.3, -0.25) is 10.4 Å². The van der Waals surface area contributed by atoms with Crippen LogP contribution in [0.3, 0.4) is 0 Å². The summed E-state index contributed by atoms with van der Waals surface area (Å²) >= 11 is 0. The lowest BCUT2D eigenvalue weighted by Crippen LogP contribution is -2.11. The molecular formula is C14H15N5O2. The number of rotatable bonds is 6. The van der Waals surface area contributed by atoms with Crippen molar-refractivity contribution in [2.45, 2.75) is 12.8 Å². The monoisotopic (exact) mass is 285 g/mol. The number of hydrogen-bond donors (Lipinski definition) is 3. The summed E-state index contributed by atoms with van der Waals surface area (Å²) in [7, 11) is 0. The van der Waals surface area contributed by atoms with E-state index >= 15 is 0 Å². The summed E-state index contributed by atoms with van der Waals surface area (Å²) in [6.45, 7) is 0.636. The van der Waals surface area contributed by atoms with E-state index in [0.717, 1.165) is 12.0 Å². The van der Waals surface area contributed by atoms with Crippen molar-refractivity contribution >= 4 is 11.6 Å². The highest BCUT2D eigenvalue weighted by Crippen LogP contribution is 2.12. The second kappa shape index (κ2) is 7.19. The molecule has 0 unspecified atom stereocenters. The Morgan fingerprint density at radius 1 is 1.19 bits per heavy atom. The van der Waals surface area contributed by atoms with E-state index in [1.54, 1.807) is 24.4 Å². The van der Waals surface area contributed by atoms with Crippen LogP contribution in [0.4, 0.5) is 11.6 Å². The number of nitriles is 1. The zero-order valence-corrected chi connectivity index (χ0v) is 11.3. The number of benzene rings is 1. The first-order valence-electron chi connectivity index (χ1n) is 6.38. The van der Waals surface area contributed by atoms with Crippen molar-refractivity contribution in [1.82, 2.24) is 9.97 Å². The van der Waals surface area contributed by atoms with E-state index in [2.05, 4.69) is 15.3 Å². The fourth-order valence-electron chi connectivity index (χ4n) is 1.78. The molecule has 0 bridgehead atoms. The van der Waals surface area contributed by atoms with Gasteiger partial charge in [0.05, 0.1) is 23.9 Å². The van der Waals surface area contributed by atoms with Crippen molar-refractivity contribution in [3.63, 3.8) is 0 Å². The van der Waals surface area contributed by atoms with Gasteiger partial charge in [0.15, 0.2) is 0 Å². The van der Waals surface area contributed by atoms with Crippen LogP contribution in [0, 0.1) is 11.3 Å². The van der Waals surface area contributed by atoms with Crippen LogP contribution in [0.15, 0.2) is 36.5 Å². The number of nitrogens with one attached hydrogen (secondary N) is 1. The molecule has 7 heteroatoms. The van der Waals surface area contributed by atoms with Gasteiger partial charge in [-0.1, -0.05) is 12.1 Å². The topological polar surface area (TPSA) is 105 Å². The van der Waals surface area contributed by atoms with Gasteiger partial charge in [0.25, 0.3) is 0 Å². The van der Waals surface area contributed by atoms with Gasteiger partial charge in [-0.05, 0) is 30.2 Å². The first-order chi connectivity index (χ1) is 10.2. The molecule has 1 aromatic carbocycles. The van der Waals surface area contributed by atoms with Gasteiger partial charge in [0, 0.05) is 12.7 Å². The number of hydrogen-bond acceptors (Lipinski definition) is 7. The largest absolute Gasteiger partial charge is 0.354 e. The molecule has 0 saturated carbocycles. The molecule has 0 spiro atoms. The second-order valence-electron chi connectivity index (χ2n) is 4.34. The third-order valence-electron chi connectivity index (χ3n) is 2.84. The lowest BCUT2D eigenvalue weighted by Gasteiger charge is -2.09. The van der Waals surface area contributed by atoms with Crippen LogP contribution >= 0.6 is 0 Å². The predicted molar refractivity (Wildman–Crippen MR) is 76.0 cm³/mol. The number of nitrogens with zero attached hydrogens (tertiary/aromatic N) is 4. The van der Waals surface area contributed by atoms with Gasteiger partial charge in [0.1, 0.15) is 0 Å². The van der Waals surface area contributed by atoms with Crippen LogP contribution in [0.2, 0.25) is 0 Å². The minimum absolute atomic E-state index is 0.0799. The minimum atomic E-state index is 0.0799. The molecule has 0 aliphatic carbocycles. The Hall–Kier alpha value is -2.69. The summed E-state index contributed by atoms with van der Waals surface area (Å²) in [5, 5.41) is 29.5. The van der Waals surface area contributed by atoms with Gasteiger partial charge in [0.2, 0.25) is 5.95 Å². The van der Waals surface area contributed by atoms with Crippen molar-refractivity contribution in [3.8, 4) is 6.07 Å². The van der Waals surface area contributed by atoms with E-state index in [-0.39, 0.29) is 11.6 Å². The van der Waals surface area contributed by atoms with Crippen LogP contribution in [0.1, 0.15) is 11.3 Å². The highest BCUT2D eigenvalue weighted by Gasteiger charge is 2.01. The zero-order valence-electron chi connectivity index (χ0n) is 11.3. The molecule has 21 heavy (non-hydrogen) atoms. The van der Waals surface area contributed by atoms with Gasteiger partial charge in [-0.15, -0.1) is 5.23 Å². The van der Waals surface area contributed by atoms with Crippen LogP contribution in [0.25, 0.3) is 0 Å². The quantitative estimate of drug-likeness (QED) is 0.695. The Morgan fingerprint density at radius 3 is 2.62 bits per heavy atom. The van der Waals surface area contributed by atoms with Crippen molar-refractivity contribution in [1.29, 1.82) is 5.26 Å². The van der Waals surface area contributed by atoms with E-state index in [1.165, 1.54) is 0 Å². The lowest BCUT2D eigenvalue weighted by atomic mass is 10.1. The Kier molecular flexibility index (Phi) is 5.04. The van der Waals surface area contributed by atoms with E-state index in [1.807, 2.05) is 18.2 Å². The van der Waals surface area contributed by atoms with Crippen molar-refractivity contribution in [2.75, 3.05) is 17.1 Å². The standard InChI is InChI=1S/C14H15N5O2/c15-8-5-12-7-10-17-14(18-12)16-9-6-11-1-3-13(4-2-11)19(20)21/h1-4,7,10,20-21H,5-6,9H2,(H,16,17,18). The molecular weight excluding hydrogens is 270 g/mol. The molecule has 108 valence electrons. The molecule has 2 rings (SSSR count). The summed E-state index contributed by atoms with van der Waals surface area (Å²) in [5.41, 5.74) is 2.03. The molecule has 0 aliphatic rings. The second-order valence-corrected chi connectivity index (χ2v) is 4.34. The van der Waals surface area contributed by atoms with E-state index < -0.39 is 0 Å². The van der Waals surface area contributed by atoms with Crippen molar-refractivity contribution in [2.24, 2.45) is 0 Å². The molecule has 0 aliphatic heterocycles. The highest BCUT2D eigenvalue weighted by atomic mass is 16.8. The summed E-state index contributed by atoms with van der Waals surface area (Å²) in [6, 6.07) is 10.6. The average Bonchev–Trinajstić information content (AvgIpc) is 2.48. The van der Waals surface area contributed by atoms with Crippen molar-refractivity contribution < 1.29 is 10.4 Å². The third kappa shape index (κ3) is 4.42. The molecule has 1 aromatic heterocycles. The van der Waals surface area contributed by atoms with Crippen molar-refractivity contribution in [3.05, 3.63) is 47.8 Å². The molecule has 0 radical (unpaired) electrons. The van der Waals surface area contributed by atoms with Crippen LogP contribution in [-0.2, 0) is 12.8 Å². The fourth-order valence-corrected chi connectivity index (χ4v) is 1.78. The van der Waals surface area contributed by atoms with Gasteiger partial charge < -0.3 is 5.32 Å². The maximum Gasteiger partial charge on any atom is 0.222 e. The summed E-state index contributed by atoms with van der Waals surface area (Å²) in [6.07, 6.45) is 2.62. The molecule has 0 saturated heterocycles. The minimum Gasteiger partial charge on any atom is -0.354 e. The van der Waals surface area contributed by atoms with Gasteiger partial charge >= 0.3 is 0 Å². The summed E-state index contributed by atoms with van der Waals surface area (Å²) in [4.78, 5) is 8.30. The molecule has 0 atom stereocenters. The molecule has 0 fully saturated rings. The lowest BCUT2D eigenvalue weighted by molar-refractivity contribution is 0.0291. The highest BCUT2D eigenvalue weighted by molar-refractivity contribution is 5.42. The maximum atomic E-state index is 8.85. The number of aromatic nitrogens is 2. The molecule has 7 nitrogen and oxygen atoms in total. The Labute approximate surface area is 122 Å². The molecule has 3 N–H and O–H groups in total. The van der Waals surface area contributed by atoms with E-state index in [9.17, 15) is 0 Å². The smallest absolute Gasteiger partial charge is 0.222 e. The Morgan fingerprint density at radius 2 is 1.95 bits per heavy atom. The zero-order chi connectivity index (χ0) is 15.1. The Bertz CT molecular complexity index is 622. The molecule has 1 heterocycles. The summed E-state index contributed by atoms with van der Waals surface area (Å²) < 4.78 is 0. The average molecular weight is 285 g/mol.